The highest BCUT2D eigenvalue weighted by Gasteiger charge is 2.24. The van der Waals surface area contributed by atoms with Crippen LogP contribution in [0.4, 0.5) is 0 Å². The first-order valence-electron chi connectivity index (χ1n) is 8.13. The van der Waals surface area contributed by atoms with Gasteiger partial charge in [-0.25, -0.2) is 9.67 Å². The van der Waals surface area contributed by atoms with Gasteiger partial charge in [-0.2, -0.15) is 10.2 Å². The van der Waals surface area contributed by atoms with Crippen LogP contribution in [0.2, 0.25) is 0 Å². The zero-order valence-electron chi connectivity index (χ0n) is 13.5. The summed E-state index contributed by atoms with van der Waals surface area (Å²) in [4.78, 5) is 20.8. The van der Waals surface area contributed by atoms with Crippen LogP contribution >= 0.6 is 0 Å². The number of nitrogens with one attached hydrogen (secondary N) is 1. The fourth-order valence-electron chi connectivity index (χ4n) is 3.31. The number of hydrogen-bond acceptors (Lipinski definition) is 5. The van der Waals surface area contributed by atoms with Crippen molar-refractivity contribution in [3.05, 3.63) is 36.7 Å². The van der Waals surface area contributed by atoms with Crippen LogP contribution in [0.25, 0.3) is 11.0 Å². The number of aryl methyl sites for hydroxylation is 1. The number of rotatable bonds is 3. The Labute approximate surface area is 138 Å². The zero-order valence-corrected chi connectivity index (χ0v) is 13.5. The van der Waals surface area contributed by atoms with E-state index < -0.39 is 0 Å². The number of hydrogen-bond donors (Lipinski definition) is 1. The first kappa shape index (κ1) is 14.8. The molecule has 1 aliphatic carbocycles. The van der Waals surface area contributed by atoms with Crippen molar-refractivity contribution < 1.29 is 4.79 Å². The number of aromatic nitrogens is 6. The average Bonchev–Trinajstić information content (AvgIpc) is 3.26. The molecule has 1 saturated carbocycles. The molecule has 8 nitrogen and oxygen atoms in total. The van der Waals surface area contributed by atoms with Gasteiger partial charge in [0.15, 0.2) is 0 Å². The van der Waals surface area contributed by atoms with E-state index in [1.54, 1.807) is 29.7 Å². The van der Waals surface area contributed by atoms with Crippen molar-refractivity contribution in [2.45, 2.75) is 37.8 Å². The predicted octanol–water partition coefficient (Wildman–Crippen LogP) is 1.47. The summed E-state index contributed by atoms with van der Waals surface area (Å²) in [6.07, 6.45) is 10.5. The monoisotopic (exact) mass is 325 g/mol. The molecular weight excluding hydrogens is 306 g/mol. The van der Waals surface area contributed by atoms with Crippen LogP contribution in [0, 0.1) is 0 Å². The van der Waals surface area contributed by atoms with Crippen LogP contribution in [-0.4, -0.2) is 41.5 Å². The summed E-state index contributed by atoms with van der Waals surface area (Å²) in [6, 6.07) is 2.42. The molecule has 0 aromatic carbocycles. The van der Waals surface area contributed by atoms with E-state index in [2.05, 4.69) is 25.5 Å². The molecule has 1 amide bonds. The Morgan fingerprint density at radius 3 is 2.79 bits per heavy atom. The maximum atomic E-state index is 12.5. The van der Waals surface area contributed by atoms with E-state index in [1.807, 2.05) is 17.8 Å². The molecule has 0 spiro atoms. The van der Waals surface area contributed by atoms with Crippen molar-refractivity contribution in [1.29, 1.82) is 0 Å². The second-order valence-corrected chi connectivity index (χ2v) is 6.25. The Kier molecular flexibility index (Phi) is 3.72. The van der Waals surface area contributed by atoms with Crippen molar-refractivity contribution in [1.82, 2.24) is 34.8 Å². The van der Waals surface area contributed by atoms with Gasteiger partial charge in [-0.1, -0.05) is 0 Å². The topological polar surface area (TPSA) is 90.5 Å². The molecule has 0 bridgehead atoms. The van der Waals surface area contributed by atoms with Gasteiger partial charge in [-0.05, 0) is 31.7 Å². The minimum atomic E-state index is -0.0743. The number of carbonyl (C=O) groups excluding carboxylic acids is 1. The Morgan fingerprint density at radius 1 is 1.21 bits per heavy atom. The summed E-state index contributed by atoms with van der Waals surface area (Å²) in [5.41, 5.74) is 2.23. The molecule has 3 aromatic rings. The lowest BCUT2D eigenvalue weighted by Gasteiger charge is -2.28. The van der Waals surface area contributed by atoms with Crippen molar-refractivity contribution in [2.75, 3.05) is 0 Å². The molecule has 0 atom stereocenters. The van der Waals surface area contributed by atoms with Gasteiger partial charge in [-0.15, -0.1) is 0 Å². The van der Waals surface area contributed by atoms with E-state index >= 15 is 0 Å². The third-order valence-corrected chi connectivity index (χ3v) is 4.70. The van der Waals surface area contributed by atoms with Gasteiger partial charge in [0.1, 0.15) is 18.2 Å². The highest BCUT2D eigenvalue weighted by molar-refractivity contribution is 5.96. The quantitative estimate of drug-likeness (QED) is 0.787. The lowest BCUT2D eigenvalue weighted by Crippen LogP contribution is -2.38. The largest absolute Gasteiger partial charge is 0.349 e. The van der Waals surface area contributed by atoms with E-state index in [9.17, 15) is 4.79 Å². The molecule has 24 heavy (non-hydrogen) atoms. The van der Waals surface area contributed by atoms with E-state index in [0.29, 0.717) is 11.6 Å². The molecule has 1 aliphatic rings. The van der Waals surface area contributed by atoms with Gasteiger partial charge < -0.3 is 5.32 Å². The van der Waals surface area contributed by atoms with E-state index in [1.165, 1.54) is 0 Å². The van der Waals surface area contributed by atoms with Gasteiger partial charge >= 0.3 is 0 Å². The second kappa shape index (κ2) is 6.03. The normalized spacial score (nSPS) is 21.0. The first-order chi connectivity index (χ1) is 11.7. The molecule has 0 aliphatic heterocycles. The van der Waals surface area contributed by atoms with Crippen molar-refractivity contribution in [2.24, 2.45) is 7.05 Å². The molecule has 3 heterocycles. The van der Waals surface area contributed by atoms with Crippen LogP contribution in [0.3, 0.4) is 0 Å². The summed E-state index contributed by atoms with van der Waals surface area (Å²) < 4.78 is 3.64. The summed E-state index contributed by atoms with van der Waals surface area (Å²) in [5.74, 6) is -0.0743. The highest BCUT2D eigenvalue weighted by atomic mass is 16.1. The van der Waals surface area contributed by atoms with E-state index in [4.69, 9.17) is 0 Å². The van der Waals surface area contributed by atoms with E-state index in [-0.39, 0.29) is 11.9 Å². The first-order valence-corrected chi connectivity index (χ1v) is 8.13. The Hall–Kier alpha value is -2.77. The van der Waals surface area contributed by atoms with Gasteiger partial charge in [0.25, 0.3) is 5.91 Å². The SMILES string of the molecule is Cn1ncc2ncc(C(=O)NC3CCC(n4cncn4)CC3)cc21. The molecule has 0 saturated heterocycles. The van der Waals surface area contributed by atoms with Gasteiger partial charge in [0.05, 0.1) is 23.3 Å². The van der Waals surface area contributed by atoms with Crippen LogP contribution < -0.4 is 5.32 Å². The third kappa shape index (κ3) is 2.75. The lowest BCUT2D eigenvalue weighted by atomic mass is 9.91. The number of amides is 1. The van der Waals surface area contributed by atoms with Crippen LogP contribution in [-0.2, 0) is 7.05 Å². The number of fused-ring (bicyclic) bond motifs is 1. The van der Waals surface area contributed by atoms with Gasteiger partial charge in [0.2, 0.25) is 0 Å². The van der Waals surface area contributed by atoms with Crippen molar-refractivity contribution >= 4 is 16.9 Å². The Bertz CT molecular complexity index is 847. The predicted molar refractivity (Wildman–Crippen MR) is 87.3 cm³/mol. The minimum absolute atomic E-state index is 0.0743. The van der Waals surface area contributed by atoms with Gasteiger partial charge in [0, 0.05) is 19.3 Å². The summed E-state index contributed by atoms with van der Waals surface area (Å²) >= 11 is 0. The molecular formula is C16H19N7O. The number of nitrogens with zero attached hydrogens (tertiary/aromatic N) is 6. The molecule has 124 valence electrons. The smallest absolute Gasteiger partial charge is 0.253 e. The molecule has 1 N–H and O–H groups in total. The van der Waals surface area contributed by atoms with Crippen molar-refractivity contribution in [3.63, 3.8) is 0 Å². The van der Waals surface area contributed by atoms with Gasteiger partial charge in [-0.3, -0.25) is 14.5 Å². The fraction of sp³-hybridized carbons (Fsp3) is 0.438. The molecule has 1 fully saturated rings. The molecule has 0 unspecified atom stereocenters. The number of pyridine rings is 1. The zero-order chi connectivity index (χ0) is 16.5. The standard InChI is InChI=1S/C16H19N7O/c1-22-15-6-11(7-18-14(15)8-19-22)16(24)21-12-2-4-13(5-3-12)23-10-17-9-20-23/h6-10,12-13H,2-5H2,1H3,(H,21,24). The molecule has 3 aromatic heterocycles. The Balaban J connectivity index is 1.40. The lowest BCUT2D eigenvalue weighted by molar-refractivity contribution is 0.0921. The van der Waals surface area contributed by atoms with Crippen molar-refractivity contribution in [3.8, 4) is 0 Å². The number of carbonyl (C=O) groups is 1. The molecule has 4 rings (SSSR count). The Morgan fingerprint density at radius 2 is 2.04 bits per heavy atom. The summed E-state index contributed by atoms with van der Waals surface area (Å²) in [7, 11) is 1.84. The second-order valence-electron chi connectivity index (χ2n) is 6.25. The summed E-state index contributed by atoms with van der Waals surface area (Å²) in [6.45, 7) is 0. The summed E-state index contributed by atoms with van der Waals surface area (Å²) in [5, 5.41) is 11.5. The molecule has 0 radical (unpaired) electrons. The third-order valence-electron chi connectivity index (χ3n) is 4.70. The van der Waals surface area contributed by atoms with Crippen LogP contribution in [0.15, 0.2) is 31.1 Å². The fourth-order valence-corrected chi connectivity index (χ4v) is 3.31. The van der Waals surface area contributed by atoms with Crippen LogP contribution in [0.5, 0.6) is 0 Å². The van der Waals surface area contributed by atoms with E-state index in [0.717, 1.165) is 36.7 Å². The van der Waals surface area contributed by atoms with Crippen LogP contribution in [0.1, 0.15) is 42.1 Å². The maximum absolute atomic E-state index is 12.5. The average molecular weight is 325 g/mol. The highest BCUT2D eigenvalue weighted by Crippen LogP contribution is 2.27. The maximum Gasteiger partial charge on any atom is 0.253 e. The molecule has 8 heteroatoms. The minimum Gasteiger partial charge on any atom is -0.349 e.